The first kappa shape index (κ1) is 53.6. The van der Waals surface area contributed by atoms with Crippen LogP contribution in [0.2, 0.25) is 0 Å². The minimum absolute atomic E-state index is 0.0273. The molecule has 12 atom stereocenters. The molecule has 4 aliphatic heterocycles. The molecule has 20 nitrogen and oxygen atoms in total. The molecule has 0 radical (unpaired) electrons. The van der Waals surface area contributed by atoms with Crippen molar-refractivity contribution < 1.29 is 90.4 Å². The van der Waals surface area contributed by atoms with Crippen LogP contribution in [0.5, 0.6) is 0 Å². The third-order valence-corrected chi connectivity index (χ3v) is 13.5. The molecule has 0 spiro atoms. The van der Waals surface area contributed by atoms with Crippen LogP contribution in [-0.4, -0.2) is 140 Å². The number of esters is 5. The van der Waals surface area contributed by atoms with E-state index in [9.17, 15) is 33.6 Å². The number of carbonyl (C=O) groups is 7. The molecule has 74 heavy (non-hydrogen) atoms. The maximum atomic E-state index is 14.9. The van der Waals surface area contributed by atoms with E-state index in [2.05, 4.69) is 0 Å². The molecule has 0 aliphatic carbocycles. The Balaban J connectivity index is 1.25. The number of amides is 2. The Kier molecular flexibility index (Phi) is 17.4. The Morgan fingerprint density at radius 1 is 0.784 bits per heavy atom. The van der Waals surface area contributed by atoms with E-state index in [1.165, 1.54) is 11.8 Å². The van der Waals surface area contributed by atoms with Crippen LogP contribution in [0.4, 0.5) is 4.79 Å². The molecule has 0 unspecified atom stereocenters. The van der Waals surface area contributed by atoms with Gasteiger partial charge in [-0.25, -0.2) is 19.3 Å². The predicted octanol–water partition coefficient (Wildman–Crippen LogP) is 5.55. The zero-order valence-electron chi connectivity index (χ0n) is 41.0. The van der Waals surface area contributed by atoms with E-state index in [0.717, 1.165) is 39.0 Å². The maximum Gasteiger partial charge on any atom is 0.417 e. The first-order valence-corrected chi connectivity index (χ1v) is 24.5. The van der Waals surface area contributed by atoms with Crippen LogP contribution in [0.3, 0.4) is 0 Å². The van der Waals surface area contributed by atoms with Gasteiger partial charge in [0.25, 0.3) is 11.7 Å². The summed E-state index contributed by atoms with van der Waals surface area (Å²) in [6.07, 6.45) is -15.3. The molecule has 0 aromatic heterocycles. The van der Waals surface area contributed by atoms with Gasteiger partial charge in [-0.2, -0.15) is 0 Å². The SMILES string of the molecule is COC(=O)[C@@]1(O[C@H]2[C@H]3O[C@@H](c4ccccc4)OC[C@H]3O[C@@H](Sc3ccc(C)cc3)[C@@H]2OC(=O)c2ccccc2)C[C@@H]2OC(=O)N(C(=O)COCc3ccccc3)[C@H]2[C@H]([C@H](OC(C)=O)[C@@H](COC(C)=O)OC(C)=O)O1. The summed E-state index contributed by atoms with van der Waals surface area (Å²) in [6, 6.07) is 31.9. The molecule has 4 heterocycles. The van der Waals surface area contributed by atoms with Crippen LogP contribution in [0.1, 0.15) is 60.5 Å². The third kappa shape index (κ3) is 12.6. The summed E-state index contributed by atoms with van der Waals surface area (Å²) in [6.45, 7) is 3.54. The van der Waals surface area contributed by atoms with Crippen molar-refractivity contribution in [2.24, 2.45) is 0 Å². The quantitative estimate of drug-likeness (QED) is 0.0877. The monoisotopic (exact) mass is 1040 g/mol. The van der Waals surface area contributed by atoms with Crippen LogP contribution in [0.15, 0.2) is 120 Å². The Labute approximate surface area is 430 Å². The summed E-state index contributed by atoms with van der Waals surface area (Å²) in [5.41, 5.74) is 1.34. The first-order chi connectivity index (χ1) is 35.6. The average molecular weight is 1040 g/mol. The zero-order valence-corrected chi connectivity index (χ0v) is 41.8. The standard InChI is InChI=1S/C53H55NO19S/c1-30-21-23-37(24-22-30)74-50-47(70-48(59)35-17-11-7-12-18-35)46(44-40(68-50)28-65-49(71-44)36-19-13-8-14-20-36)73-53(51(60)62-5)25-38-42(54(52(61)69-38)41(58)29-63-26-34-15-9-6-10-16-34)45(72-53)43(67-33(4)57)39(66-32(3)56)27-64-31(2)55/h6-24,38-40,42-47,49-50H,25-29H2,1-5H3/t38-,39+,40+,42+,43+,44-,45+,46-,47+,49-,50-,53-/m0/s1. The molecule has 4 aromatic carbocycles. The van der Waals surface area contributed by atoms with Crippen molar-refractivity contribution in [3.05, 3.63) is 138 Å². The molecule has 21 heteroatoms. The van der Waals surface area contributed by atoms with E-state index in [1.54, 1.807) is 84.9 Å². The summed E-state index contributed by atoms with van der Waals surface area (Å²) in [4.78, 5) is 97.2. The minimum Gasteiger partial charge on any atom is -0.465 e. The largest absolute Gasteiger partial charge is 0.465 e. The molecule has 8 rings (SSSR count). The van der Waals surface area contributed by atoms with Crippen LogP contribution < -0.4 is 0 Å². The topological polar surface area (TPSA) is 233 Å². The van der Waals surface area contributed by atoms with E-state index in [-0.39, 0.29) is 18.8 Å². The van der Waals surface area contributed by atoms with Crippen molar-refractivity contribution in [3.8, 4) is 0 Å². The molecular weight excluding hydrogens is 987 g/mol. The second-order valence-electron chi connectivity index (χ2n) is 17.7. The number of ether oxygens (including phenoxy) is 12. The Morgan fingerprint density at radius 2 is 1.45 bits per heavy atom. The Hall–Kier alpha value is -6.72. The predicted molar refractivity (Wildman–Crippen MR) is 255 cm³/mol. The lowest BCUT2D eigenvalue weighted by Gasteiger charge is -2.52. The second kappa shape index (κ2) is 24.1. The zero-order chi connectivity index (χ0) is 52.5. The summed E-state index contributed by atoms with van der Waals surface area (Å²) in [5, 5.41) is 0. The Morgan fingerprint density at radius 3 is 2.09 bits per heavy atom. The number of imide groups is 1. The van der Waals surface area contributed by atoms with Gasteiger partial charge in [-0.3, -0.25) is 19.2 Å². The van der Waals surface area contributed by atoms with E-state index >= 15 is 0 Å². The molecule has 0 saturated carbocycles. The van der Waals surface area contributed by atoms with Crippen LogP contribution in [0.25, 0.3) is 0 Å². The number of nitrogens with zero attached hydrogens (tertiary/aromatic N) is 1. The number of hydrogen-bond acceptors (Lipinski definition) is 20. The Bertz CT molecular complexity index is 2630. The third-order valence-electron chi connectivity index (χ3n) is 12.3. The number of fused-ring (bicyclic) bond motifs is 2. The summed E-state index contributed by atoms with van der Waals surface area (Å²) in [5.74, 6) is -8.46. The lowest BCUT2D eigenvalue weighted by atomic mass is 9.87. The van der Waals surface area contributed by atoms with Crippen LogP contribution in [-0.2, 0) is 87.4 Å². The first-order valence-electron chi connectivity index (χ1n) is 23.7. The molecule has 4 aromatic rings. The van der Waals surface area contributed by atoms with Crippen molar-refractivity contribution in [2.45, 2.75) is 118 Å². The molecule has 392 valence electrons. The highest BCUT2D eigenvalue weighted by Gasteiger charge is 2.67. The number of methoxy groups -OCH3 is 1. The van der Waals surface area contributed by atoms with Gasteiger partial charge in [0.1, 0.15) is 55.2 Å². The molecule has 2 amide bonds. The number of benzene rings is 4. The van der Waals surface area contributed by atoms with Gasteiger partial charge in [0.2, 0.25) is 0 Å². The molecule has 4 aliphatic rings. The molecule has 4 saturated heterocycles. The number of aryl methyl sites for hydroxylation is 1. The van der Waals surface area contributed by atoms with Crippen LogP contribution >= 0.6 is 11.8 Å². The fraction of sp³-hybridized carbons (Fsp3) is 0.415. The number of rotatable bonds is 18. The van der Waals surface area contributed by atoms with E-state index in [0.29, 0.717) is 15.4 Å². The van der Waals surface area contributed by atoms with Crippen LogP contribution in [0, 0.1) is 6.92 Å². The van der Waals surface area contributed by atoms with E-state index in [4.69, 9.17) is 56.8 Å². The fourth-order valence-electron chi connectivity index (χ4n) is 9.08. The van der Waals surface area contributed by atoms with Crippen molar-refractivity contribution in [1.82, 2.24) is 4.90 Å². The van der Waals surface area contributed by atoms with Gasteiger partial charge >= 0.3 is 35.9 Å². The van der Waals surface area contributed by atoms with Crippen molar-refractivity contribution in [3.63, 3.8) is 0 Å². The molecule has 0 N–H and O–H groups in total. The average Bonchev–Trinajstić information content (AvgIpc) is 3.73. The number of hydrogen-bond donors (Lipinski definition) is 0. The van der Waals surface area contributed by atoms with Gasteiger partial charge in [-0.05, 0) is 36.8 Å². The molecule has 0 bridgehead atoms. The number of thioether (sulfide) groups is 1. The van der Waals surface area contributed by atoms with Crippen molar-refractivity contribution in [1.29, 1.82) is 0 Å². The highest BCUT2D eigenvalue weighted by atomic mass is 32.2. The molecular formula is C53H55NO19S. The fourth-order valence-corrected chi connectivity index (χ4v) is 10.2. The van der Waals surface area contributed by atoms with Gasteiger partial charge < -0.3 is 56.8 Å². The van der Waals surface area contributed by atoms with E-state index in [1.807, 2.05) is 37.3 Å². The second-order valence-corrected chi connectivity index (χ2v) is 18.9. The summed E-state index contributed by atoms with van der Waals surface area (Å²) in [7, 11) is 1.04. The van der Waals surface area contributed by atoms with Gasteiger partial charge in [-0.15, -0.1) is 0 Å². The normalized spacial score (nSPS) is 27.0. The summed E-state index contributed by atoms with van der Waals surface area (Å²) < 4.78 is 73.8. The van der Waals surface area contributed by atoms with Gasteiger partial charge in [0.05, 0.1) is 32.3 Å². The molecule has 4 fully saturated rings. The van der Waals surface area contributed by atoms with Gasteiger partial charge in [0.15, 0.2) is 24.6 Å². The maximum absolute atomic E-state index is 14.9. The smallest absolute Gasteiger partial charge is 0.417 e. The minimum atomic E-state index is -2.75. The lowest BCUT2D eigenvalue weighted by Crippen LogP contribution is -2.70. The van der Waals surface area contributed by atoms with Gasteiger partial charge in [0, 0.05) is 31.2 Å². The number of carbonyl (C=O) groups excluding carboxylic acids is 7. The van der Waals surface area contributed by atoms with Gasteiger partial charge in [-0.1, -0.05) is 108 Å². The van der Waals surface area contributed by atoms with Crippen molar-refractivity contribution in [2.75, 3.05) is 26.9 Å². The van der Waals surface area contributed by atoms with E-state index < -0.39 is 134 Å². The highest BCUT2D eigenvalue weighted by molar-refractivity contribution is 7.99. The highest BCUT2D eigenvalue weighted by Crippen LogP contribution is 2.47. The van der Waals surface area contributed by atoms with Crippen molar-refractivity contribution >= 4 is 53.6 Å². The lowest BCUT2D eigenvalue weighted by molar-refractivity contribution is -0.374. The summed E-state index contributed by atoms with van der Waals surface area (Å²) >= 11 is 1.18.